The van der Waals surface area contributed by atoms with E-state index in [0.717, 1.165) is 28.4 Å². The Hall–Kier alpha value is -2.64. The van der Waals surface area contributed by atoms with Crippen LogP contribution in [0.5, 0.6) is 0 Å². The summed E-state index contributed by atoms with van der Waals surface area (Å²) in [7, 11) is -6.94. The molecule has 1 amide bonds. The highest BCUT2D eigenvalue weighted by Crippen LogP contribution is 2.36. The second kappa shape index (κ2) is 8.29. The molecule has 0 aliphatic carbocycles. The summed E-state index contributed by atoms with van der Waals surface area (Å²) in [6, 6.07) is 8.90. The van der Waals surface area contributed by atoms with Crippen molar-refractivity contribution < 1.29 is 26.4 Å². The molecule has 9 nitrogen and oxygen atoms in total. The Balaban J connectivity index is 1.73. The predicted molar refractivity (Wildman–Crippen MR) is 127 cm³/mol. The van der Waals surface area contributed by atoms with Crippen LogP contribution in [0.1, 0.15) is 10.4 Å². The molecule has 2 N–H and O–H groups in total. The zero-order valence-corrected chi connectivity index (χ0v) is 20.5. The first-order valence-corrected chi connectivity index (χ1v) is 13.6. The van der Waals surface area contributed by atoms with Gasteiger partial charge in [-0.2, -0.15) is 0 Å². The lowest BCUT2D eigenvalue weighted by Gasteiger charge is -2.16. The van der Waals surface area contributed by atoms with Gasteiger partial charge in [0.1, 0.15) is 4.21 Å². The van der Waals surface area contributed by atoms with Crippen molar-refractivity contribution in [2.24, 2.45) is 0 Å². The van der Waals surface area contributed by atoms with Crippen molar-refractivity contribution in [2.75, 3.05) is 21.4 Å². The maximum absolute atomic E-state index is 13.0. The van der Waals surface area contributed by atoms with Crippen LogP contribution < -0.4 is 14.3 Å². The third-order valence-corrected chi connectivity index (χ3v) is 9.54. The minimum Gasteiger partial charge on any atom is -0.308 e. The largest absolute Gasteiger partial charge is 0.308 e. The van der Waals surface area contributed by atoms with Crippen molar-refractivity contribution >= 4 is 83.3 Å². The molecule has 0 saturated heterocycles. The van der Waals surface area contributed by atoms with Crippen LogP contribution >= 0.6 is 34.5 Å². The minimum atomic E-state index is -4.32. The summed E-state index contributed by atoms with van der Waals surface area (Å²) in [5.41, 5.74) is -0.126. The number of likely N-dealkylation sites (N-methyl/N-ethyl adjacent to an activating group) is 1. The Morgan fingerprint density at radius 3 is 2.06 bits per heavy atom. The fourth-order valence-corrected chi connectivity index (χ4v) is 6.55. The van der Waals surface area contributed by atoms with E-state index in [1.807, 2.05) is 0 Å². The molecule has 3 aromatic rings. The molecule has 1 aromatic heterocycles. The minimum absolute atomic E-state index is 0.00632. The second-order valence-corrected chi connectivity index (χ2v) is 12.2. The summed E-state index contributed by atoms with van der Waals surface area (Å²) in [5.74, 6) is -1.61. The summed E-state index contributed by atoms with van der Waals surface area (Å²) in [4.78, 5) is 24.8. The molecule has 0 fully saturated rings. The van der Waals surface area contributed by atoms with E-state index in [2.05, 4.69) is 9.44 Å². The topological polar surface area (TPSA) is 130 Å². The van der Waals surface area contributed by atoms with Gasteiger partial charge in [-0.1, -0.05) is 29.3 Å². The zero-order valence-electron chi connectivity index (χ0n) is 16.5. The first kappa shape index (κ1) is 23.5. The normalized spacial score (nSPS) is 13.8. The van der Waals surface area contributed by atoms with Gasteiger partial charge in [-0.3, -0.25) is 19.0 Å². The van der Waals surface area contributed by atoms with Crippen molar-refractivity contribution in [3.8, 4) is 0 Å². The van der Waals surface area contributed by atoms with Crippen LogP contribution in [0.15, 0.2) is 56.9 Å². The molecule has 2 heterocycles. The van der Waals surface area contributed by atoms with Gasteiger partial charge in [-0.05, 0) is 41.8 Å². The number of benzene rings is 2. The summed E-state index contributed by atoms with van der Waals surface area (Å²) >= 11 is 13.0. The van der Waals surface area contributed by atoms with Crippen LogP contribution in [0.2, 0.25) is 10.0 Å². The molecule has 1 aliphatic rings. The van der Waals surface area contributed by atoms with E-state index in [4.69, 9.17) is 23.2 Å². The lowest BCUT2D eigenvalue weighted by molar-refractivity contribution is -0.114. The molecule has 0 spiro atoms. The summed E-state index contributed by atoms with van der Waals surface area (Å²) in [6.45, 7) is 0. The second-order valence-electron chi connectivity index (χ2n) is 6.83. The van der Waals surface area contributed by atoms with Crippen molar-refractivity contribution in [1.82, 2.24) is 0 Å². The molecule has 0 unspecified atom stereocenters. The van der Waals surface area contributed by atoms with Crippen molar-refractivity contribution in [2.45, 2.75) is 9.10 Å². The predicted octanol–water partition coefficient (Wildman–Crippen LogP) is 3.82. The first-order valence-electron chi connectivity index (χ1n) is 8.95. The van der Waals surface area contributed by atoms with E-state index in [1.54, 1.807) is 11.4 Å². The van der Waals surface area contributed by atoms with Crippen LogP contribution in [-0.2, 0) is 24.8 Å². The van der Waals surface area contributed by atoms with Crippen LogP contribution in [0, 0.1) is 0 Å². The Morgan fingerprint density at radius 1 is 0.879 bits per heavy atom. The number of amides is 1. The van der Waals surface area contributed by atoms with E-state index in [0.29, 0.717) is 0 Å². The van der Waals surface area contributed by atoms with Crippen molar-refractivity contribution in [1.29, 1.82) is 0 Å². The fourth-order valence-electron chi connectivity index (χ4n) is 3.06. The third-order valence-electron chi connectivity index (χ3n) is 4.69. The number of thiophene rings is 1. The molecule has 2 aromatic carbocycles. The summed E-state index contributed by atoms with van der Waals surface area (Å²) < 4.78 is 55.9. The molecule has 0 atom stereocenters. The Morgan fingerprint density at radius 2 is 1.48 bits per heavy atom. The number of carbonyl (C=O) groups excluding carboxylic acids is 2. The monoisotopic (exact) mass is 545 g/mol. The maximum Gasteiger partial charge on any atom is 0.299 e. The highest BCUT2D eigenvalue weighted by atomic mass is 35.5. The molecular weight excluding hydrogens is 533 g/mol. The zero-order chi connectivity index (χ0) is 24.1. The Bertz CT molecular complexity index is 1520. The van der Waals surface area contributed by atoms with E-state index < -0.39 is 31.7 Å². The van der Waals surface area contributed by atoms with E-state index in [-0.39, 0.29) is 41.8 Å². The van der Waals surface area contributed by atoms with E-state index in [1.165, 1.54) is 31.3 Å². The van der Waals surface area contributed by atoms with Crippen LogP contribution in [0.3, 0.4) is 0 Å². The number of halogens is 2. The molecule has 14 heteroatoms. The van der Waals surface area contributed by atoms with Gasteiger partial charge in [0.05, 0.1) is 37.6 Å². The molecular formula is C19H13Cl2N3O6S3. The number of nitrogens with zero attached hydrogens (tertiary/aromatic N) is 1. The number of anilines is 3. The van der Waals surface area contributed by atoms with Gasteiger partial charge in [-0.25, -0.2) is 16.8 Å². The molecule has 0 bridgehead atoms. The number of carbonyl (C=O) groups is 2. The van der Waals surface area contributed by atoms with Crippen LogP contribution in [0.4, 0.5) is 17.1 Å². The molecule has 0 radical (unpaired) electrons. The number of Topliss-reactive ketones (excluding diaryl/α,β-unsaturated/α-hetero) is 1. The van der Waals surface area contributed by atoms with Crippen molar-refractivity contribution in [3.05, 3.63) is 63.5 Å². The SMILES string of the molecule is CN1C(=O)C(=O)c2cc(S(=O)(=O)Nc3cc(Cl)c(Cl)cc3NS(=O)(=O)c3cccs3)ccc21. The standard InChI is InChI=1S/C19H13Cl2N3O6S3/c1-24-16-5-4-10(7-11(16)18(25)19(24)26)32(27,28)22-14-8-12(20)13(21)9-15(14)23-33(29,30)17-3-2-6-31-17/h2-9,22-23H,1H3. The number of ketones is 1. The van der Waals surface area contributed by atoms with Gasteiger partial charge in [0.25, 0.3) is 31.7 Å². The van der Waals surface area contributed by atoms with Gasteiger partial charge < -0.3 is 4.90 Å². The number of fused-ring (bicyclic) bond motifs is 1. The Labute approximate surface area is 203 Å². The average Bonchev–Trinajstić information content (AvgIpc) is 3.37. The third kappa shape index (κ3) is 4.32. The van der Waals surface area contributed by atoms with Gasteiger partial charge in [0.15, 0.2) is 0 Å². The molecule has 33 heavy (non-hydrogen) atoms. The summed E-state index contributed by atoms with van der Waals surface area (Å²) in [5, 5.41) is 1.54. The molecule has 0 saturated carbocycles. The fraction of sp³-hybridized carbons (Fsp3) is 0.0526. The lowest BCUT2D eigenvalue weighted by atomic mass is 10.1. The lowest BCUT2D eigenvalue weighted by Crippen LogP contribution is -2.24. The van der Waals surface area contributed by atoms with Gasteiger partial charge in [0.2, 0.25) is 0 Å². The Kier molecular flexibility index (Phi) is 5.91. The maximum atomic E-state index is 13.0. The summed E-state index contributed by atoms with van der Waals surface area (Å²) in [6.07, 6.45) is 0. The van der Waals surface area contributed by atoms with Gasteiger partial charge in [0, 0.05) is 7.05 Å². The number of nitrogens with one attached hydrogen (secondary N) is 2. The number of hydrogen-bond donors (Lipinski definition) is 2. The number of hydrogen-bond acceptors (Lipinski definition) is 7. The average molecular weight is 546 g/mol. The molecule has 1 aliphatic heterocycles. The quantitative estimate of drug-likeness (QED) is 0.453. The highest BCUT2D eigenvalue weighted by Gasteiger charge is 2.34. The molecule has 4 rings (SSSR count). The van der Waals surface area contributed by atoms with Gasteiger partial charge in [-0.15, -0.1) is 11.3 Å². The first-order chi connectivity index (χ1) is 15.4. The van der Waals surface area contributed by atoms with Crippen molar-refractivity contribution in [3.63, 3.8) is 0 Å². The van der Waals surface area contributed by atoms with Crippen LogP contribution in [0.25, 0.3) is 0 Å². The number of rotatable bonds is 6. The van der Waals surface area contributed by atoms with E-state index >= 15 is 0 Å². The molecule has 172 valence electrons. The van der Waals surface area contributed by atoms with Gasteiger partial charge >= 0.3 is 0 Å². The number of sulfonamides is 2. The van der Waals surface area contributed by atoms with Crippen LogP contribution in [-0.4, -0.2) is 35.6 Å². The highest BCUT2D eigenvalue weighted by molar-refractivity contribution is 7.94. The smallest absolute Gasteiger partial charge is 0.299 e. The van der Waals surface area contributed by atoms with E-state index in [9.17, 15) is 26.4 Å².